The van der Waals surface area contributed by atoms with Gasteiger partial charge in [-0.2, -0.15) is 0 Å². The van der Waals surface area contributed by atoms with E-state index in [1.54, 1.807) is 0 Å². The van der Waals surface area contributed by atoms with Crippen LogP contribution in [0.4, 0.5) is 0 Å². The van der Waals surface area contributed by atoms with Gasteiger partial charge in [0.05, 0.1) is 0 Å². The second kappa shape index (κ2) is 10.7. The fourth-order valence-electron chi connectivity index (χ4n) is 4.25. The van der Waals surface area contributed by atoms with Crippen molar-refractivity contribution in [3.63, 3.8) is 0 Å². The lowest BCUT2D eigenvalue weighted by Gasteiger charge is -2.23. The second-order valence-corrected chi connectivity index (χ2v) is 7.75. The van der Waals surface area contributed by atoms with E-state index in [-0.39, 0.29) is 24.0 Å². The smallest absolute Gasteiger partial charge is 0.225 e. The summed E-state index contributed by atoms with van der Waals surface area (Å²) in [5, 5.41) is 6.94. The lowest BCUT2D eigenvalue weighted by atomic mass is 10.1. The quantitative estimate of drug-likeness (QED) is 0.335. The number of amides is 1. The van der Waals surface area contributed by atoms with Gasteiger partial charge in [0, 0.05) is 51.2 Å². The van der Waals surface area contributed by atoms with Gasteiger partial charge in [-0.1, -0.05) is 19.8 Å². The molecule has 0 aromatic rings. The summed E-state index contributed by atoms with van der Waals surface area (Å²) in [5.74, 6) is 1.54. The monoisotopic (exact) mass is 477 g/mol. The van der Waals surface area contributed by atoms with Crippen LogP contribution < -0.4 is 10.6 Å². The minimum Gasteiger partial charge on any atom is -0.355 e. The molecular formula is C19H36IN5O. The molecule has 1 saturated heterocycles. The largest absolute Gasteiger partial charge is 0.355 e. The standard InChI is InChI=1S/C19H35N5O.HI/c1-3-23(17-8-9-17)13-11-21-19(20-2)22-16-10-12-24(14-16)18(25)15-6-4-5-7-15;/h15-17H,3-14H2,1-2H3,(H2,20,21,22);1H. The molecular weight excluding hydrogens is 441 g/mol. The molecule has 1 unspecified atom stereocenters. The topological polar surface area (TPSA) is 60.0 Å². The minimum atomic E-state index is 0. The molecule has 1 heterocycles. The zero-order valence-corrected chi connectivity index (χ0v) is 18.7. The van der Waals surface area contributed by atoms with Gasteiger partial charge in [0.15, 0.2) is 5.96 Å². The lowest BCUT2D eigenvalue weighted by Crippen LogP contribution is -2.47. The van der Waals surface area contributed by atoms with Crippen molar-refractivity contribution in [2.45, 2.75) is 64.0 Å². The van der Waals surface area contributed by atoms with Crippen molar-refractivity contribution < 1.29 is 4.79 Å². The summed E-state index contributed by atoms with van der Waals surface area (Å²) in [6.45, 7) is 7.05. The average Bonchev–Trinajstić information content (AvgIpc) is 3.13. The first-order valence-corrected chi connectivity index (χ1v) is 10.2. The molecule has 0 aromatic carbocycles. The lowest BCUT2D eigenvalue weighted by molar-refractivity contribution is -0.134. The number of hydrogen-bond acceptors (Lipinski definition) is 3. The number of halogens is 1. The molecule has 0 aromatic heterocycles. The van der Waals surface area contributed by atoms with Gasteiger partial charge >= 0.3 is 0 Å². The predicted octanol–water partition coefficient (Wildman–Crippen LogP) is 2.04. The highest BCUT2D eigenvalue weighted by molar-refractivity contribution is 14.0. The maximum atomic E-state index is 12.5. The minimum absolute atomic E-state index is 0. The van der Waals surface area contributed by atoms with Crippen LogP contribution in [0.5, 0.6) is 0 Å². The highest BCUT2D eigenvalue weighted by Crippen LogP contribution is 2.28. The molecule has 0 radical (unpaired) electrons. The molecule has 150 valence electrons. The van der Waals surface area contributed by atoms with Crippen molar-refractivity contribution in [2.24, 2.45) is 10.9 Å². The molecule has 0 bridgehead atoms. The molecule has 26 heavy (non-hydrogen) atoms. The van der Waals surface area contributed by atoms with Crippen LogP contribution in [0.2, 0.25) is 0 Å². The van der Waals surface area contributed by atoms with Crippen LogP contribution in [0.1, 0.15) is 51.9 Å². The molecule has 1 aliphatic heterocycles. The van der Waals surface area contributed by atoms with E-state index < -0.39 is 0 Å². The molecule has 2 saturated carbocycles. The van der Waals surface area contributed by atoms with E-state index in [4.69, 9.17) is 0 Å². The van der Waals surface area contributed by atoms with Gasteiger partial charge in [0.25, 0.3) is 0 Å². The Hall–Kier alpha value is -0.570. The van der Waals surface area contributed by atoms with Gasteiger partial charge in [-0.25, -0.2) is 0 Å². The zero-order chi connectivity index (χ0) is 17.6. The van der Waals surface area contributed by atoms with Crippen LogP contribution in [-0.2, 0) is 4.79 Å². The summed E-state index contributed by atoms with van der Waals surface area (Å²) in [6.07, 6.45) is 8.34. The Kier molecular flexibility index (Phi) is 8.93. The van der Waals surface area contributed by atoms with E-state index in [0.717, 1.165) is 64.0 Å². The molecule has 1 atom stereocenters. The van der Waals surface area contributed by atoms with Crippen molar-refractivity contribution in [1.82, 2.24) is 20.4 Å². The van der Waals surface area contributed by atoms with Crippen molar-refractivity contribution in [2.75, 3.05) is 39.8 Å². The normalized spacial score (nSPS) is 24.0. The van der Waals surface area contributed by atoms with E-state index in [0.29, 0.717) is 17.9 Å². The van der Waals surface area contributed by atoms with Crippen molar-refractivity contribution in [1.29, 1.82) is 0 Å². The summed E-state index contributed by atoms with van der Waals surface area (Å²) in [5.41, 5.74) is 0. The third-order valence-electron chi connectivity index (χ3n) is 5.93. The zero-order valence-electron chi connectivity index (χ0n) is 16.4. The summed E-state index contributed by atoms with van der Waals surface area (Å²) >= 11 is 0. The van der Waals surface area contributed by atoms with E-state index in [1.807, 2.05) is 7.05 Å². The van der Waals surface area contributed by atoms with Gasteiger partial charge in [-0.15, -0.1) is 24.0 Å². The fourth-order valence-corrected chi connectivity index (χ4v) is 4.25. The van der Waals surface area contributed by atoms with Gasteiger partial charge in [0.1, 0.15) is 0 Å². The highest BCUT2D eigenvalue weighted by Gasteiger charge is 2.32. The molecule has 6 nitrogen and oxygen atoms in total. The third kappa shape index (κ3) is 5.97. The average molecular weight is 477 g/mol. The molecule has 3 aliphatic rings. The Morgan fingerprint density at radius 2 is 1.92 bits per heavy atom. The van der Waals surface area contributed by atoms with Crippen LogP contribution in [0.3, 0.4) is 0 Å². The van der Waals surface area contributed by atoms with Gasteiger partial charge in [-0.05, 0) is 38.6 Å². The number of carbonyl (C=O) groups is 1. The predicted molar refractivity (Wildman–Crippen MR) is 117 cm³/mol. The molecule has 0 spiro atoms. The van der Waals surface area contributed by atoms with Crippen molar-refractivity contribution >= 4 is 35.8 Å². The maximum absolute atomic E-state index is 12.5. The summed E-state index contributed by atoms with van der Waals surface area (Å²) < 4.78 is 0. The van der Waals surface area contributed by atoms with Crippen LogP contribution in [0.15, 0.2) is 4.99 Å². The summed E-state index contributed by atoms with van der Waals surface area (Å²) in [6, 6.07) is 1.13. The van der Waals surface area contributed by atoms with Crippen molar-refractivity contribution in [3.8, 4) is 0 Å². The number of hydrogen-bond donors (Lipinski definition) is 2. The van der Waals surface area contributed by atoms with Gasteiger partial charge in [-0.3, -0.25) is 14.7 Å². The SMILES string of the molecule is CCN(CCNC(=NC)NC1CCN(C(=O)C2CCCC2)C1)C1CC1.I. The Labute approximate surface area is 175 Å². The Bertz CT molecular complexity index is 477. The maximum Gasteiger partial charge on any atom is 0.225 e. The Balaban J connectivity index is 0.00000243. The van der Waals surface area contributed by atoms with Gasteiger partial charge in [0.2, 0.25) is 5.91 Å². The molecule has 2 N–H and O–H groups in total. The van der Waals surface area contributed by atoms with Crippen LogP contribution in [0, 0.1) is 5.92 Å². The van der Waals surface area contributed by atoms with Gasteiger partial charge < -0.3 is 15.5 Å². The van der Waals surface area contributed by atoms with E-state index in [1.165, 1.54) is 25.7 Å². The first kappa shape index (κ1) is 21.7. The number of rotatable bonds is 7. The number of aliphatic imine (C=N–C) groups is 1. The van der Waals surface area contributed by atoms with Crippen LogP contribution in [0.25, 0.3) is 0 Å². The van der Waals surface area contributed by atoms with E-state index in [2.05, 4.69) is 32.3 Å². The number of likely N-dealkylation sites (N-methyl/N-ethyl adjacent to an activating group) is 1. The number of nitrogens with one attached hydrogen (secondary N) is 2. The third-order valence-corrected chi connectivity index (χ3v) is 5.93. The first-order valence-electron chi connectivity index (χ1n) is 10.2. The number of guanidine groups is 1. The molecule has 3 fully saturated rings. The van der Waals surface area contributed by atoms with Crippen molar-refractivity contribution in [3.05, 3.63) is 0 Å². The number of nitrogens with zero attached hydrogens (tertiary/aromatic N) is 3. The fraction of sp³-hybridized carbons (Fsp3) is 0.895. The Morgan fingerprint density at radius 3 is 2.54 bits per heavy atom. The Morgan fingerprint density at radius 1 is 1.19 bits per heavy atom. The molecule has 7 heteroatoms. The first-order chi connectivity index (χ1) is 12.2. The van der Waals surface area contributed by atoms with E-state index in [9.17, 15) is 4.79 Å². The highest BCUT2D eigenvalue weighted by atomic mass is 127. The second-order valence-electron chi connectivity index (χ2n) is 7.75. The van der Waals surface area contributed by atoms with E-state index >= 15 is 0 Å². The van der Waals surface area contributed by atoms with Crippen LogP contribution >= 0.6 is 24.0 Å². The summed E-state index contributed by atoms with van der Waals surface area (Å²) in [4.78, 5) is 21.5. The number of carbonyl (C=O) groups excluding carboxylic acids is 1. The molecule has 1 amide bonds. The molecule has 3 rings (SSSR count). The van der Waals surface area contributed by atoms with Crippen LogP contribution in [-0.4, -0.2) is 73.5 Å². The number of likely N-dealkylation sites (tertiary alicyclic amines) is 1. The molecule has 2 aliphatic carbocycles. The summed E-state index contributed by atoms with van der Waals surface area (Å²) in [7, 11) is 1.82.